The van der Waals surface area contributed by atoms with E-state index in [1.807, 2.05) is 0 Å². The van der Waals surface area contributed by atoms with Crippen LogP contribution in [0.2, 0.25) is 5.02 Å². The topological polar surface area (TPSA) is 115 Å². The summed E-state index contributed by atoms with van der Waals surface area (Å²) in [5.74, 6) is -0.783. The van der Waals surface area contributed by atoms with E-state index in [-0.39, 0.29) is 14.9 Å². The summed E-state index contributed by atoms with van der Waals surface area (Å²) in [5.41, 5.74) is 10.8. The number of amides is 1. The Balaban J connectivity index is 3.13. The molecule has 0 saturated heterocycles. The van der Waals surface area contributed by atoms with Gasteiger partial charge < -0.3 is 11.5 Å². The largest absolute Gasteiger partial charge is 0.389 e. The number of nitrogens with two attached hydrogens (primary N) is 2. The van der Waals surface area contributed by atoms with Crippen molar-refractivity contribution in [2.24, 2.45) is 11.5 Å². The molecular formula is C10H12ClN3O3S2. The maximum Gasteiger partial charge on any atom is 0.241 e. The number of carbonyl (C=O) groups excluding carboxylic acids is 1. The maximum atomic E-state index is 11.9. The van der Waals surface area contributed by atoms with E-state index in [2.05, 4.69) is 4.72 Å². The van der Waals surface area contributed by atoms with Gasteiger partial charge in [0.1, 0.15) is 4.99 Å². The summed E-state index contributed by atoms with van der Waals surface area (Å²) in [6.07, 6.45) is 0. The SMILES string of the molecule is CC(NS(=O)(=O)c1ccc(C(N)=S)c(Cl)c1)C(N)=O. The fourth-order valence-corrected chi connectivity index (χ4v) is 3.04. The molecule has 0 spiro atoms. The van der Waals surface area contributed by atoms with Crippen LogP contribution in [-0.4, -0.2) is 25.4 Å². The van der Waals surface area contributed by atoms with Gasteiger partial charge in [-0.2, -0.15) is 4.72 Å². The highest BCUT2D eigenvalue weighted by molar-refractivity contribution is 7.89. The molecule has 1 atom stereocenters. The highest BCUT2D eigenvalue weighted by atomic mass is 35.5. The van der Waals surface area contributed by atoms with Gasteiger partial charge in [-0.1, -0.05) is 23.8 Å². The van der Waals surface area contributed by atoms with Crippen molar-refractivity contribution in [3.63, 3.8) is 0 Å². The second-order valence-corrected chi connectivity index (χ2v) is 6.31. The van der Waals surface area contributed by atoms with Crippen molar-refractivity contribution in [1.29, 1.82) is 0 Å². The monoisotopic (exact) mass is 321 g/mol. The van der Waals surface area contributed by atoms with Crippen LogP contribution in [0.5, 0.6) is 0 Å². The first-order chi connectivity index (χ1) is 8.65. The Hall–Kier alpha value is -1.22. The minimum Gasteiger partial charge on any atom is -0.389 e. The van der Waals surface area contributed by atoms with Crippen LogP contribution in [0.25, 0.3) is 0 Å². The van der Waals surface area contributed by atoms with Gasteiger partial charge in [0, 0.05) is 5.56 Å². The van der Waals surface area contributed by atoms with Crippen LogP contribution in [0.3, 0.4) is 0 Å². The van der Waals surface area contributed by atoms with Gasteiger partial charge in [-0.3, -0.25) is 4.79 Å². The second-order valence-electron chi connectivity index (χ2n) is 3.75. The van der Waals surface area contributed by atoms with Crippen molar-refractivity contribution in [2.75, 3.05) is 0 Å². The quantitative estimate of drug-likeness (QED) is 0.667. The molecule has 0 heterocycles. The number of benzene rings is 1. The Morgan fingerprint density at radius 3 is 2.42 bits per heavy atom. The van der Waals surface area contributed by atoms with Crippen LogP contribution in [0.15, 0.2) is 23.1 Å². The Morgan fingerprint density at radius 2 is 2.00 bits per heavy atom. The Bertz CT molecular complexity index is 631. The van der Waals surface area contributed by atoms with Gasteiger partial charge >= 0.3 is 0 Å². The molecule has 104 valence electrons. The number of nitrogens with one attached hydrogen (secondary N) is 1. The molecule has 1 amide bonds. The summed E-state index contributed by atoms with van der Waals surface area (Å²) in [6, 6.07) is 2.86. The first-order valence-corrected chi connectivity index (χ1v) is 7.33. The van der Waals surface area contributed by atoms with E-state index in [0.29, 0.717) is 5.56 Å². The van der Waals surface area contributed by atoms with Gasteiger partial charge in [0.25, 0.3) is 0 Å². The summed E-state index contributed by atoms with van der Waals surface area (Å²) in [4.78, 5) is 10.8. The zero-order valence-corrected chi connectivity index (χ0v) is 12.3. The fraction of sp³-hybridized carbons (Fsp3) is 0.200. The lowest BCUT2D eigenvalue weighted by molar-refractivity contribution is -0.119. The lowest BCUT2D eigenvalue weighted by Gasteiger charge is -2.12. The Kier molecular flexibility index (Phi) is 4.86. The highest BCUT2D eigenvalue weighted by Crippen LogP contribution is 2.21. The molecule has 0 bridgehead atoms. The molecule has 1 rings (SSSR count). The number of sulfonamides is 1. The van der Waals surface area contributed by atoms with Crippen molar-refractivity contribution in [3.05, 3.63) is 28.8 Å². The van der Waals surface area contributed by atoms with E-state index in [4.69, 9.17) is 35.3 Å². The van der Waals surface area contributed by atoms with E-state index in [0.717, 1.165) is 0 Å². The molecule has 9 heteroatoms. The van der Waals surface area contributed by atoms with Crippen molar-refractivity contribution >= 4 is 44.7 Å². The predicted molar refractivity (Wildman–Crippen MR) is 76.3 cm³/mol. The van der Waals surface area contributed by atoms with Crippen LogP contribution in [0.4, 0.5) is 0 Å². The van der Waals surface area contributed by atoms with Gasteiger partial charge in [0.15, 0.2) is 0 Å². The predicted octanol–water partition coefficient (Wildman–Crippen LogP) is 0.126. The maximum absolute atomic E-state index is 11.9. The van der Waals surface area contributed by atoms with Gasteiger partial charge in [-0.15, -0.1) is 0 Å². The molecule has 6 nitrogen and oxygen atoms in total. The van der Waals surface area contributed by atoms with Crippen molar-refractivity contribution in [2.45, 2.75) is 17.9 Å². The molecule has 0 saturated carbocycles. The van der Waals surface area contributed by atoms with Gasteiger partial charge in [-0.25, -0.2) is 8.42 Å². The number of hydrogen-bond donors (Lipinski definition) is 3. The lowest BCUT2D eigenvalue weighted by Crippen LogP contribution is -2.42. The van der Waals surface area contributed by atoms with Gasteiger partial charge in [-0.05, 0) is 25.1 Å². The van der Waals surface area contributed by atoms with E-state index in [1.165, 1.54) is 25.1 Å². The van der Waals surface area contributed by atoms with Crippen LogP contribution < -0.4 is 16.2 Å². The minimum atomic E-state index is -3.89. The van der Waals surface area contributed by atoms with Crippen molar-refractivity contribution in [1.82, 2.24) is 4.72 Å². The molecule has 19 heavy (non-hydrogen) atoms. The first kappa shape index (κ1) is 15.8. The molecule has 0 aliphatic carbocycles. The van der Waals surface area contributed by atoms with Crippen LogP contribution in [0.1, 0.15) is 12.5 Å². The smallest absolute Gasteiger partial charge is 0.241 e. The summed E-state index contributed by atoms with van der Waals surface area (Å²) in [7, 11) is -3.89. The average Bonchev–Trinajstić information content (AvgIpc) is 2.27. The minimum absolute atomic E-state index is 0.0624. The van der Waals surface area contributed by atoms with Crippen LogP contribution in [0, 0.1) is 0 Å². The van der Waals surface area contributed by atoms with Crippen LogP contribution >= 0.6 is 23.8 Å². The normalized spacial score (nSPS) is 12.9. The van der Waals surface area contributed by atoms with E-state index >= 15 is 0 Å². The summed E-state index contributed by atoms with van der Waals surface area (Å²) < 4.78 is 26.0. The number of hydrogen-bond acceptors (Lipinski definition) is 4. The molecule has 1 aromatic rings. The number of carbonyl (C=O) groups is 1. The molecule has 0 aliphatic rings. The van der Waals surface area contributed by atoms with E-state index in [9.17, 15) is 13.2 Å². The number of thiocarbonyl (C=S) groups is 1. The fourth-order valence-electron chi connectivity index (χ4n) is 1.22. The lowest BCUT2D eigenvalue weighted by atomic mass is 10.2. The molecule has 0 aliphatic heterocycles. The zero-order chi connectivity index (χ0) is 14.8. The van der Waals surface area contributed by atoms with Crippen molar-refractivity contribution < 1.29 is 13.2 Å². The highest BCUT2D eigenvalue weighted by Gasteiger charge is 2.21. The molecule has 0 aromatic heterocycles. The van der Waals surface area contributed by atoms with E-state index < -0.39 is 22.0 Å². The third kappa shape index (κ3) is 3.87. The number of halogens is 1. The third-order valence-electron chi connectivity index (χ3n) is 2.28. The molecule has 1 aromatic carbocycles. The van der Waals surface area contributed by atoms with Gasteiger partial charge in [0.05, 0.1) is 16.0 Å². The summed E-state index contributed by atoms with van der Waals surface area (Å²) in [6.45, 7) is 1.34. The zero-order valence-electron chi connectivity index (χ0n) is 9.88. The van der Waals surface area contributed by atoms with Crippen molar-refractivity contribution in [3.8, 4) is 0 Å². The molecular weight excluding hydrogens is 310 g/mol. The molecule has 5 N–H and O–H groups in total. The number of rotatable bonds is 5. The summed E-state index contributed by atoms with van der Waals surface area (Å²) >= 11 is 10.6. The third-order valence-corrected chi connectivity index (χ3v) is 4.35. The van der Waals surface area contributed by atoms with Gasteiger partial charge in [0.2, 0.25) is 15.9 Å². The Morgan fingerprint density at radius 1 is 1.42 bits per heavy atom. The molecule has 0 fully saturated rings. The van der Waals surface area contributed by atoms with E-state index in [1.54, 1.807) is 0 Å². The molecule has 0 radical (unpaired) electrons. The standard InChI is InChI=1S/C10H12ClN3O3S2/c1-5(9(12)15)14-19(16,17)6-2-3-7(10(13)18)8(11)4-6/h2-5,14H,1H3,(H2,12,15)(H2,13,18). The van der Waals surface area contributed by atoms with Crippen LogP contribution in [-0.2, 0) is 14.8 Å². The first-order valence-electron chi connectivity index (χ1n) is 5.06. The number of primary amides is 1. The average molecular weight is 322 g/mol. The summed E-state index contributed by atoms with van der Waals surface area (Å²) in [5, 5.41) is 0.113. The second kappa shape index (κ2) is 5.83. The molecule has 1 unspecified atom stereocenters. The Labute approximate surface area is 121 Å².